The quantitative estimate of drug-likeness (QED) is 0.382. The van der Waals surface area contributed by atoms with Crippen molar-refractivity contribution < 1.29 is 19.7 Å². The average Bonchev–Trinajstić information content (AvgIpc) is 3.56. The summed E-state index contributed by atoms with van der Waals surface area (Å²) in [5, 5.41) is 20.1. The first-order valence-electron chi connectivity index (χ1n) is 14.7. The van der Waals surface area contributed by atoms with Gasteiger partial charge in [0, 0.05) is 63.6 Å². The van der Waals surface area contributed by atoms with Crippen molar-refractivity contribution in [3.63, 3.8) is 0 Å². The van der Waals surface area contributed by atoms with Gasteiger partial charge in [-0.05, 0) is 48.3 Å². The standard InChI is InChI=1S/C31H49N3O4/c1-5-7-13-32(14-8-16-35)30(37)21-34-20-26(23-9-10-28-24(18-23)12-17-38-28)25(6-2)27(34)11-15-33-22-31(3,4)19-29(33)36/h6,9-10,18,25-27,29,35-36H,2,5,7-8,11-17,19-22H2,1,3-4H3/t25-,26-,27+,29?/m1/s1. The summed E-state index contributed by atoms with van der Waals surface area (Å²) in [6, 6.07) is 6.76. The van der Waals surface area contributed by atoms with E-state index < -0.39 is 6.23 Å². The molecular formula is C31H49N3O4. The number of rotatable bonds is 13. The number of carbonyl (C=O) groups is 1. The van der Waals surface area contributed by atoms with Crippen molar-refractivity contribution in [3.05, 3.63) is 42.0 Å². The summed E-state index contributed by atoms with van der Waals surface area (Å²) in [4.78, 5) is 20.1. The zero-order valence-electron chi connectivity index (χ0n) is 23.8. The highest BCUT2D eigenvalue weighted by atomic mass is 16.5. The van der Waals surface area contributed by atoms with Gasteiger partial charge in [-0.15, -0.1) is 6.58 Å². The van der Waals surface area contributed by atoms with Crippen LogP contribution in [0.3, 0.4) is 0 Å². The minimum Gasteiger partial charge on any atom is -0.493 e. The normalized spacial score (nSPS) is 26.9. The fraction of sp³-hybridized carbons (Fsp3) is 0.710. The molecule has 3 heterocycles. The van der Waals surface area contributed by atoms with Gasteiger partial charge in [-0.25, -0.2) is 0 Å². The first-order chi connectivity index (χ1) is 18.3. The predicted molar refractivity (Wildman–Crippen MR) is 151 cm³/mol. The van der Waals surface area contributed by atoms with E-state index in [9.17, 15) is 15.0 Å². The van der Waals surface area contributed by atoms with Crippen LogP contribution in [0.15, 0.2) is 30.9 Å². The third-order valence-corrected chi connectivity index (χ3v) is 8.78. The number of benzene rings is 1. The van der Waals surface area contributed by atoms with E-state index in [4.69, 9.17) is 4.74 Å². The first kappa shape index (κ1) is 29.1. The molecule has 1 aromatic carbocycles. The third kappa shape index (κ3) is 6.79. The molecule has 7 nitrogen and oxygen atoms in total. The molecule has 0 saturated carbocycles. The molecule has 0 radical (unpaired) electrons. The van der Waals surface area contributed by atoms with Gasteiger partial charge in [-0.3, -0.25) is 14.6 Å². The Bertz CT molecular complexity index is 943. The largest absolute Gasteiger partial charge is 0.493 e. The van der Waals surface area contributed by atoms with Gasteiger partial charge in [0.1, 0.15) is 12.0 Å². The number of amides is 1. The van der Waals surface area contributed by atoms with Gasteiger partial charge in [-0.1, -0.05) is 45.4 Å². The minimum absolute atomic E-state index is 0.0966. The molecule has 38 heavy (non-hydrogen) atoms. The molecule has 2 fully saturated rings. The van der Waals surface area contributed by atoms with Crippen molar-refractivity contribution in [1.82, 2.24) is 14.7 Å². The summed E-state index contributed by atoms with van der Waals surface area (Å²) in [6.07, 6.45) is 6.92. The number of aliphatic hydroxyl groups is 2. The van der Waals surface area contributed by atoms with Crippen LogP contribution in [0.4, 0.5) is 0 Å². The summed E-state index contributed by atoms with van der Waals surface area (Å²) in [7, 11) is 0. The van der Waals surface area contributed by atoms with Crippen molar-refractivity contribution in [2.24, 2.45) is 11.3 Å². The summed E-state index contributed by atoms with van der Waals surface area (Å²) in [6.45, 7) is 15.9. The van der Waals surface area contributed by atoms with Crippen LogP contribution < -0.4 is 4.74 Å². The fourth-order valence-corrected chi connectivity index (χ4v) is 6.78. The van der Waals surface area contributed by atoms with Gasteiger partial charge < -0.3 is 19.8 Å². The van der Waals surface area contributed by atoms with Crippen molar-refractivity contribution in [2.45, 2.75) is 77.5 Å². The number of unbranched alkanes of at least 4 members (excludes halogenated alkanes) is 1. The second-order valence-corrected chi connectivity index (χ2v) is 12.3. The SMILES string of the molecule is C=C[C@@H]1[C@@H](c2ccc3c(c2)CCO3)CN(CC(=O)N(CCCC)CCCO)[C@H]1CCN1CC(C)(C)CC1O. The molecule has 0 aromatic heterocycles. The average molecular weight is 528 g/mol. The van der Waals surface area contributed by atoms with Crippen molar-refractivity contribution >= 4 is 5.91 Å². The highest BCUT2D eigenvalue weighted by Gasteiger charge is 2.43. The Morgan fingerprint density at radius 1 is 1.26 bits per heavy atom. The summed E-state index contributed by atoms with van der Waals surface area (Å²) < 4.78 is 5.75. The molecule has 0 spiro atoms. The van der Waals surface area contributed by atoms with Crippen LogP contribution in [0.2, 0.25) is 0 Å². The number of carbonyl (C=O) groups excluding carboxylic acids is 1. The van der Waals surface area contributed by atoms with Crippen LogP contribution in [0, 0.1) is 11.3 Å². The number of nitrogens with zero attached hydrogens (tertiary/aromatic N) is 3. The predicted octanol–water partition coefficient (Wildman–Crippen LogP) is 3.64. The molecule has 212 valence electrons. The lowest BCUT2D eigenvalue weighted by molar-refractivity contribution is -0.133. The maximum absolute atomic E-state index is 13.6. The van der Waals surface area contributed by atoms with Crippen LogP contribution in [-0.4, -0.2) is 95.6 Å². The molecular weight excluding hydrogens is 478 g/mol. The molecule has 1 amide bonds. The maximum Gasteiger partial charge on any atom is 0.236 e. The molecule has 2 saturated heterocycles. The van der Waals surface area contributed by atoms with E-state index in [1.54, 1.807) is 0 Å². The minimum atomic E-state index is -0.404. The third-order valence-electron chi connectivity index (χ3n) is 8.78. The number of hydrogen-bond acceptors (Lipinski definition) is 6. The highest BCUT2D eigenvalue weighted by molar-refractivity contribution is 5.78. The highest BCUT2D eigenvalue weighted by Crippen LogP contribution is 2.42. The molecule has 4 atom stereocenters. The maximum atomic E-state index is 13.6. The van der Waals surface area contributed by atoms with Gasteiger partial charge in [0.25, 0.3) is 0 Å². The molecule has 2 N–H and O–H groups in total. The molecule has 4 rings (SSSR count). The smallest absolute Gasteiger partial charge is 0.236 e. The van der Waals surface area contributed by atoms with Gasteiger partial charge in [0.2, 0.25) is 5.91 Å². The van der Waals surface area contributed by atoms with E-state index in [1.807, 2.05) is 4.90 Å². The first-order valence-corrected chi connectivity index (χ1v) is 14.7. The van der Waals surface area contributed by atoms with E-state index in [0.717, 1.165) is 70.6 Å². The molecule has 0 bridgehead atoms. The fourth-order valence-electron chi connectivity index (χ4n) is 6.78. The van der Waals surface area contributed by atoms with Gasteiger partial charge in [0.15, 0.2) is 0 Å². The Balaban J connectivity index is 1.54. The molecule has 0 aliphatic carbocycles. The Morgan fingerprint density at radius 3 is 2.74 bits per heavy atom. The zero-order chi connectivity index (χ0) is 27.3. The lowest BCUT2D eigenvalue weighted by Gasteiger charge is -2.31. The Morgan fingerprint density at radius 2 is 2.05 bits per heavy atom. The van der Waals surface area contributed by atoms with Crippen LogP contribution in [0.1, 0.15) is 69.9 Å². The summed E-state index contributed by atoms with van der Waals surface area (Å²) >= 11 is 0. The second kappa shape index (κ2) is 12.9. The van der Waals surface area contributed by atoms with Crippen molar-refractivity contribution in [1.29, 1.82) is 0 Å². The summed E-state index contributed by atoms with van der Waals surface area (Å²) in [5.74, 6) is 1.62. The monoisotopic (exact) mass is 527 g/mol. The Hall–Kier alpha value is -1.93. The molecule has 7 heteroatoms. The van der Waals surface area contributed by atoms with Gasteiger partial charge in [0.05, 0.1) is 13.2 Å². The van der Waals surface area contributed by atoms with E-state index in [-0.39, 0.29) is 35.8 Å². The van der Waals surface area contributed by atoms with Crippen LogP contribution >= 0.6 is 0 Å². The number of ether oxygens (including phenoxy) is 1. The van der Waals surface area contributed by atoms with E-state index >= 15 is 0 Å². The van der Waals surface area contributed by atoms with E-state index in [1.165, 1.54) is 11.1 Å². The number of hydrogen-bond donors (Lipinski definition) is 2. The van der Waals surface area contributed by atoms with Crippen molar-refractivity contribution in [3.8, 4) is 5.75 Å². The Kier molecular flexibility index (Phi) is 9.90. The molecule has 1 aromatic rings. The molecule has 3 aliphatic rings. The van der Waals surface area contributed by atoms with Gasteiger partial charge >= 0.3 is 0 Å². The van der Waals surface area contributed by atoms with Crippen LogP contribution in [0.5, 0.6) is 5.75 Å². The Labute approximate surface area is 229 Å². The lowest BCUT2D eigenvalue weighted by Crippen LogP contribution is -2.45. The number of likely N-dealkylation sites (tertiary alicyclic amines) is 2. The van der Waals surface area contributed by atoms with Crippen LogP contribution in [0.25, 0.3) is 0 Å². The number of aliphatic hydroxyl groups excluding tert-OH is 2. The molecule has 1 unspecified atom stereocenters. The number of fused-ring (bicyclic) bond motifs is 1. The zero-order valence-corrected chi connectivity index (χ0v) is 23.8. The topological polar surface area (TPSA) is 76.5 Å². The van der Waals surface area contributed by atoms with Crippen LogP contribution in [-0.2, 0) is 11.2 Å². The lowest BCUT2D eigenvalue weighted by atomic mass is 9.83. The second-order valence-electron chi connectivity index (χ2n) is 12.3. The van der Waals surface area contributed by atoms with E-state index in [0.29, 0.717) is 19.5 Å². The van der Waals surface area contributed by atoms with E-state index in [2.05, 4.69) is 61.4 Å². The summed E-state index contributed by atoms with van der Waals surface area (Å²) in [5.41, 5.74) is 2.68. The van der Waals surface area contributed by atoms with Crippen molar-refractivity contribution in [2.75, 3.05) is 52.5 Å². The molecule has 3 aliphatic heterocycles. The van der Waals surface area contributed by atoms with Gasteiger partial charge in [-0.2, -0.15) is 0 Å².